The summed E-state index contributed by atoms with van der Waals surface area (Å²) in [6.07, 6.45) is 7.53. The van der Waals surface area contributed by atoms with Crippen molar-refractivity contribution in [1.29, 1.82) is 0 Å². The van der Waals surface area contributed by atoms with Crippen LogP contribution in [0.4, 0.5) is 0 Å². The van der Waals surface area contributed by atoms with Gasteiger partial charge >= 0.3 is 11.9 Å². The Balaban J connectivity index is 1.53. The van der Waals surface area contributed by atoms with Crippen LogP contribution in [-0.2, 0) is 27.3 Å². The number of para-hydroxylation sites is 1. The fourth-order valence-corrected chi connectivity index (χ4v) is 6.42. The minimum Gasteiger partial charge on any atom is -0.495 e. The van der Waals surface area contributed by atoms with Crippen LogP contribution in [0.25, 0.3) is 17.0 Å². The number of ketones is 1. The van der Waals surface area contributed by atoms with Gasteiger partial charge in [0, 0.05) is 36.4 Å². The lowest BCUT2D eigenvalue weighted by molar-refractivity contribution is -0.135. The van der Waals surface area contributed by atoms with E-state index in [0.29, 0.717) is 61.8 Å². The van der Waals surface area contributed by atoms with E-state index in [0.717, 1.165) is 22.9 Å². The molecule has 8 nitrogen and oxygen atoms in total. The first-order chi connectivity index (χ1) is 19.9. The highest BCUT2D eigenvalue weighted by Gasteiger charge is 2.38. The van der Waals surface area contributed by atoms with E-state index in [1.165, 1.54) is 7.11 Å². The Morgan fingerprint density at radius 1 is 1.02 bits per heavy atom. The molecule has 6 rings (SSSR count). The van der Waals surface area contributed by atoms with Gasteiger partial charge < -0.3 is 18.8 Å². The molecule has 0 saturated carbocycles. The molecule has 0 N–H and O–H groups in total. The monoisotopic (exact) mass is 555 g/mol. The number of carbonyl (C=O) groups is 3. The fourth-order valence-electron chi connectivity index (χ4n) is 6.42. The number of fused-ring (bicyclic) bond motifs is 2. The van der Waals surface area contributed by atoms with Crippen molar-refractivity contribution in [2.75, 3.05) is 7.11 Å². The van der Waals surface area contributed by atoms with Crippen molar-refractivity contribution >= 4 is 34.7 Å². The predicted octanol–water partition coefficient (Wildman–Crippen LogP) is 5.49. The fraction of sp³-hybridized carbons (Fsp3) is 0.394. The Labute approximate surface area is 237 Å². The molecule has 3 aliphatic rings. The van der Waals surface area contributed by atoms with E-state index in [2.05, 4.69) is 0 Å². The van der Waals surface area contributed by atoms with Crippen LogP contribution in [0.15, 0.2) is 41.2 Å². The maximum Gasteiger partial charge on any atom is 0.342 e. The molecule has 1 aromatic heterocycles. The van der Waals surface area contributed by atoms with Gasteiger partial charge in [-0.15, -0.1) is 0 Å². The molecule has 3 aromatic rings. The van der Waals surface area contributed by atoms with Crippen LogP contribution in [0.3, 0.4) is 0 Å². The lowest BCUT2D eigenvalue weighted by Gasteiger charge is -2.29. The molecule has 4 heterocycles. The van der Waals surface area contributed by atoms with Crippen LogP contribution in [0, 0.1) is 0 Å². The Morgan fingerprint density at radius 2 is 1.85 bits per heavy atom. The molecule has 0 spiro atoms. The number of hydrogen-bond acceptors (Lipinski definition) is 7. The van der Waals surface area contributed by atoms with Crippen LogP contribution < -0.4 is 15.0 Å². The number of ether oxygens (including phenoxy) is 3. The van der Waals surface area contributed by atoms with Crippen molar-refractivity contribution in [3.8, 4) is 11.5 Å². The second-order valence-corrected chi connectivity index (χ2v) is 11.1. The standard InChI is InChI=1S/C33H33NO7/c1-19-8-6-13-23(35)12-5-3-4-9-21-17-26-29(31(39-2)28(21)33(38)40-19)24(18-27(36)41-26)25-16-22-11-7-10-20-14-15-34(30(20)22)32(25)37/h4,7,9-11,16-17,19,24H,3,5-6,8,12-15,18H2,1-2H3/t19-,24+/m0/s1. The minimum absolute atomic E-state index is 0.0576. The molecule has 2 aromatic carbocycles. The van der Waals surface area contributed by atoms with Gasteiger partial charge in [0.1, 0.15) is 22.8 Å². The first-order valence-corrected chi connectivity index (χ1v) is 14.4. The third kappa shape index (κ3) is 4.96. The van der Waals surface area contributed by atoms with Crippen LogP contribution in [0.5, 0.6) is 11.5 Å². The van der Waals surface area contributed by atoms with Gasteiger partial charge in [-0.1, -0.05) is 30.4 Å². The maximum absolute atomic E-state index is 13.8. The molecule has 0 amide bonds. The van der Waals surface area contributed by atoms with Crippen molar-refractivity contribution in [3.63, 3.8) is 0 Å². The molecule has 3 aliphatic heterocycles. The average molecular weight is 556 g/mol. The molecule has 0 radical (unpaired) electrons. The summed E-state index contributed by atoms with van der Waals surface area (Å²) >= 11 is 0. The largest absolute Gasteiger partial charge is 0.495 e. The van der Waals surface area contributed by atoms with E-state index >= 15 is 0 Å². The molecular formula is C33H33NO7. The molecule has 0 unspecified atom stereocenters. The Bertz CT molecular complexity index is 1660. The second kappa shape index (κ2) is 11.0. The zero-order valence-electron chi connectivity index (χ0n) is 23.4. The SMILES string of the molecule is COc1c2c(cc3c1[C@@H](c1cc4cccc5c4n(c1=O)CC5)CC(=O)O3)C=CCCCC(=O)CCC[C@H](C)OC2=O. The Kier molecular flexibility index (Phi) is 7.24. The Hall–Kier alpha value is -4.20. The summed E-state index contributed by atoms with van der Waals surface area (Å²) in [4.78, 5) is 52.6. The van der Waals surface area contributed by atoms with E-state index in [4.69, 9.17) is 14.2 Å². The predicted molar refractivity (Wildman–Crippen MR) is 154 cm³/mol. The van der Waals surface area contributed by atoms with E-state index in [1.807, 2.05) is 37.3 Å². The molecule has 212 valence electrons. The normalized spacial score (nSPS) is 21.1. The van der Waals surface area contributed by atoms with Crippen LogP contribution in [0.2, 0.25) is 0 Å². The number of carbonyl (C=O) groups excluding carboxylic acids is 3. The number of allylic oxidation sites excluding steroid dienone is 1. The van der Waals surface area contributed by atoms with Crippen molar-refractivity contribution in [1.82, 2.24) is 4.57 Å². The number of rotatable bonds is 2. The van der Waals surface area contributed by atoms with Crippen LogP contribution in [0.1, 0.15) is 90.4 Å². The van der Waals surface area contributed by atoms with E-state index in [-0.39, 0.29) is 34.8 Å². The highest BCUT2D eigenvalue weighted by atomic mass is 16.5. The van der Waals surface area contributed by atoms with E-state index < -0.39 is 24.0 Å². The number of esters is 2. The van der Waals surface area contributed by atoms with Crippen molar-refractivity contribution < 1.29 is 28.6 Å². The van der Waals surface area contributed by atoms with Crippen LogP contribution >= 0.6 is 0 Å². The maximum atomic E-state index is 13.8. The quantitative estimate of drug-likeness (QED) is 0.305. The average Bonchev–Trinajstić information content (AvgIpc) is 3.38. The molecular weight excluding hydrogens is 522 g/mol. The molecule has 0 aliphatic carbocycles. The van der Waals surface area contributed by atoms with Gasteiger partial charge in [0.15, 0.2) is 0 Å². The zero-order valence-corrected chi connectivity index (χ0v) is 23.4. The van der Waals surface area contributed by atoms with Crippen molar-refractivity contribution in [2.45, 2.75) is 76.9 Å². The van der Waals surface area contributed by atoms with Gasteiger partial charge in [0.05, 0.1) is 25.2 Å². The van der Waals surface area contributed by atoms with Gasteiger partial charge in [-0.25, -0.2) is 4.79 Å². The number of Topliss-reactive ketones (excluding diaryl/α,β-unsaturated/α-hetero) is 1. The number of methoxy groups -OCH3 is 1. The number of nitrogens with zero attached hydrogens (tertiary/aromatic N) is 1. The lowest BCUT2D eigenvalue weighted by Crippen LogP contribution is -2.30. The van der Waals surface area contributed by atoms with Gasteiger partial charge in [-0.2, -0.15) is 0 Å². The van der Waals surface area contributed by atoms with Gasteiger partial charge in [-0.05, 0) is 67.7 Å². The van der Waals surface area contributed by atoms with Gasteiger partial charge in [0.2, 0.25) is 0 Å². The smallest absolute Gasteiger partial charge is 0.342 e. The first-order valence-electron chi connectivity index (χ1n) is 14.4. The highest BCUT2D eigenvalue weighted by Crippen LogP contribution is 2.47. The number of benzene rings is 2. The summed E-state index contributed by atoms with van der Waals surface area (Å²) in [7, 11) is 1.47. The van der Waals surface area contributed by atoms with Gasteiger partial charge in [0.25, 0.3) is 5.56 Å². The van der Waals surface area contributed by atoms with Crippen molar-refractivity contribution in [2.24, 2.45) is 0 Å². The van der Waals surface area contributed by atoms with E-state index in [1.54, 1.807) is 16.7 Å². The van der Waals surface area contributed by atoms with Crippen molar-refractivity contribution in [3.05, 3.63) is 74.6 Å². The number of aromatic nitrogens is 1. The summed E-state index contributed by atoms with van der Waals surface area (Å²) < 4.78 is 19.2. The third-order valence-corrected chi connectivity index (χ3v) is 8.37. The van der Waals surface area contributed by atoms with Crippen LogP contribution in [-0.4, -0.2) is 35.5 Å². The Morgan fingerprint density at radius 3 is 2.68 bits per heavy atom. The second-order valence-electron chi connectivity index (χ2n) is 11.1. The zero-order chi connectivity index (χ0) is 28.7. The summed E-state index contributed by atoms with van der Waals surface area (Å²) in [6.45, 7) is 2.39. The third-order valence-electron chi connectivity index (χ3n) is 8.37. The molecule has 0 saturated heterocycles. The molecule has 0 fully saturated rings. The molecule has 2 atom stereocenters. The number of pyridine rings is 1. The summed E-state index contributed by atoms with van der Waals surface area (Å²) in [6, 6.07) is 9.52. The molecule has 41 heavy (non-hydrogen) atoms. The number of aryl methyl sites for hydroxylation is 2. The summed E-state index contributed by atoms with van der Waals surface area (Å²) in [5, 5.41) is 0.932. The topological polar surface area (TPSA) is 101 Å². The lowest BCUT2D eigenvalue weighted by atomic mass is 9.83. The van der Waals surface area contributed by atoms with E-state index in [9.17, 15) is 19.2 Å². The van der Waals surface area contributed by atoms with Gasteiger partial charge in [-0.3, -0.25) is 14.4 Å². The summed E-state index contributed by atoms with van der Waals surface area (Å²) in [5.41, 5.74) is 3.60. The minimum atomic E-state index is -0.662. The first kappa shape index (κ1) is 27.0. The highest BCUT2D eigenvalue weighted by molar-refractivity contribution is 5.99. The molecule has 8 heteroatoms. The summed E-state index contributed by atoms with van der Waals surface area (Å²) in [5.74, 6) is -0.965. The number of hydrogen-bond donors (Lipinski definition) is 0. The number of cyclic esters (lactones) is 1. The molecule has 0 bridgehead atoms.